The molecule has 124 valence electrons. The fourth-order valence-corrected chi connectivity index (χ4v) is 3.87. The van der Waals surface area contributed by atoms with E-state index < -0.39 is 12.1 Å². The summed E-state index contributed by atoms with van der Waals surface area (Å²) < 4.78 is 12.2. The molecule has 0 bridgehead atoms. The first-order valence-electron chi connectivity index (χ1n) is 7.55. The van der Waals surface area contributed by atoms with Crippen LogP contribution in [0.3, 0.4) is 0 Å². The minimum atomic E-state index is -0.457. The molecule has 0 aliphatic carbocycles. The Morgan fingerprint density at radius 3 is 3.08 bits per heavy atom. The summed E-state index contributed by atoms with van der Waals surface area (Å²) in [4.78, 5) is 18.4. The number of rotatable bonds is 2. The molecule has 3 heterocycles. The molecule has 2 amide bonds. The first kappa shape index (κ1) is 15.1. The van der Waals surface area contributed by atoms with Gasteiger partial charge in [0.05, 0.1) is 17.3 Å². The lowest BCUT2D eigenvalue weighted by Gasteiger charge is -2.18. The summed E-state index contributed by atoms with van der Waals surface area (Å²) in [6.07, 6.45) is 0. The Morgan fingerprint density at radius 2 is 2.29 bits per heavy atom. The van der Waals surface area contributed by atoms with Crippen molar-refractivity contribution in [1.82, 2.24) is 10.3 Å². The summed E-state index contributed by atoms with van der Waals surface area (Å²) in [6, 6.07) is 2.54. The SMILES string of the molecule is CC#CC1[C@H](CO)NC(=O)N1c1nc2c3c(ccc2s1)OCCO3. The first-order chi connectivity index (χ1) is 11.7. The second kappa shape index (κ2) is 5.85. The van der Waals surface area contributed by atoms with Gasteiger partial charge in [-0.05, 0) is 19.1 Å². The number of hydrogen-bond donors (Lipinski definition) is 2. The van der Waals surface area contributed by atoms with E-state index in [1.54, 1.807) is 6.92 Å². The zero-order valence-electron chi connectivity index (χ0n) is 12.9. The highest BCUT2D eigenvalue weighted by atomic mass is 32.1. The first-order valence-corrected chi connectivity index (χ1v) is 8.36. The van der Waals surface area contributed by atoms with Gasteiger partial charge >= 0.3 is 6.03 Å². The predicted molar refractivity (Wildman–Crippen MR) is 89.7 cm³/mol. The number of thiazole rings is 1. The molecule has 1 unspecified atom stereocenters. The van der Waals surface area contributed by atoms with Crippen molar-refractivity contribution in [2.24, 2.45) is 0 Å². The number of aliphatic hydroxyl groups is 1. The van der Waals surface area contributed by atoms with Crippen LogP contribution in [-0.4, -0.2) is 48.0 Å². The van der Waals surface area contributed by atoms with Crippen molar-refractivity contribution in [3.05, 3.63) is 12.1 Å². The van der Waals surface area contributed by atoms with Crippen LogP contribution in [0.5, 0.6) is 11.5 Å². The van der Waals surface area contributed by atoms with Crippen molar-refractivity contribution in [1.29, 1.82) is 0 Å². The number of aliphatic hydroxyl groups excluding tert-OH is 1. The van der Waals surface area contributed by atoms with Crippen molar-refractivity contribution >= 4 is 32.7 Å². The maximum Gasteiger partial charge on any atom is 0.325 e. The van der Waals surface area contributed by atoms with E-state index >= 15 is 0 Å². The molecule has 2 aliphatic heterocycles. The number of hydrogen-bond acceptors (Lipinski definition) is 6. The Labute approximate surface area is 142 Å². The van der Waals surface area contributed by atoms with Crippen LogP contribution in [0.4, 0.5) is 9.93 Å². The van der Waals surface area contributed by atoms with Gasteiger partial charge in [0.2, 0.25) is 0 Å². The number of carbonyl (C=O) groups excluding carboxylic acids is 1. The van der Waals surface area contributed by atoms with Gasteiger partial charge in [0.1, 0.15) is 24.8 Å². The lowest BCUT2D eigenvalue weighted by Crippen LogP contribution is -2.37. The maximum absolute atomic E-state index is 12.3. The average Bonchev–Trinajstić information content (AvgIpc) is 3.16. The number of carbonyl (C=O) groups is 1. The largest absolute Gasteiger partial charge is 0.486 e. The molecule has 1 aromatic carbocycles. The second-order valence-corrected chi connectivity index (χ2v) is 6.39. The molecule has 24 heavy (non-hydrogen) atoms. The number of urea groups is 1. The normalized spacial score (nSPS) is 22.2. The van der Waals surface area contributed by atoms with Crippen LogP contribution in [0.2, 0.25) is 0 Å². The van der Waals surface area contributed by atoms with Gasteiger partial charge in [0.25, 0.3) is 0 Å². The van der Waals surface area contributed by atoms with E-state index in [0.29, 0.717) is 35.4 Å². The highest BCUT2D eigenvalue weighted by Gasteiger charge is 2.40. The molecule has 8 heteroatoms. The highest BCUT2D eigenvalue weighted by Crippen LogP contribution is 2.42. The number of amides is 2. The monoisotopic (exact) mass is 345 g/mol. The number of aromatic nitrogens is 1. The molecule has 7 nitrogen and oxygen atoms in total. The van der Waals surface area contributed by atoms with Gasteiger partial charge in [-0.1, -0.05) is 17.3 Å². The molecule has 1 fully saturated rings. The van der Waals surface area contributed by atoms with Crippen molar-refractivity contribution < 1.29 is 19.4 Å². The fourth-order valence-electron chi connectivity index (χ4n) is 2.87. The Kier molecular flexibility index (Phi) is 3.67. The molecule has 2 N–H and O–H groups in total. The zero-order chi connectivity index (χ0) is 16.7. The predicted octanol–water partition coefficient (Wildman–Crippen LogP) is 1.35. The van der Waals surface area contributed by atoms with Crippen molar-refractivity contribution in [2.45, 2.75) is 19.0 Å². The topological polar surface area (TPSA) is 83.9 Å². The van der Waals surface area contributed by atoms with Crippen LogP contribution in [0.25, 0.3) is 10.2 Å². The van der Waals surface area contributed by atoms with Crippen molar-refractivity contribution in [3.8, 4) is 23.3 Å². The molecular formula is C16H15N3O4S. The maximum atomic E-state index is 12.3. The molecule has 2 aromatic rings. The Balaban J connectivity index is 1.80. The quantitative estimate of drug-likeness (QED) is 0.803. The van der Waals surface area contributed by atoms with E-state index in [4.69, 9.17) is 9.47 Å². The Hall–Kier alpha value is -2.50. The number of anilines is 1. The summed E-state index contributed by atoms with van der Waals surface area (Å²) in [5.41, 5.74) is 0.677. The minimum Gasteiger partial charge on any atom is -0.486 e. The van der Waals surface area contributed by atoms with Gasteiger partial charge in [-0.2, -0.15) is 0 Å². The van der Waals surface area contributed by atoms with Crippen LogP contribution in [-0.2, 0) is 0 Å². The lowest BCUT2D eigenvalue weighted by molar-refractivity contribution is 0.173. The van der Waals surface area contributed by atoms with Crippen molar-refractivity contribution in [3.63, 3.8) is 0 Å². The smallest absolute Gasteiger partial charge is 0.325 e. The van der Waals surface area contributed by atoms with E-state index in [0.717, 1.165) is 4.70 Å². The highest BCUT2D eigenvalue weighted by molar-refractivity contribution is 7.22. The molecule has 0 saturated carbocycles. The minimum absolute atomic E-state index is 0.182. The number of benzene rings is 1. The van der Waals surface area contributed by atoms with Gasteiger partial charge in [0, 0.05) is 0 Å². The van der Waals surface area contributed by atoms with Crippen LogP contribution >= 0.6 is 11.3 Å². The van der Waals surface area contributed by atoms with Crippen LogP contribution in [0.15, 0.2) is 12.1 Å². The van der Waals surface area contributed by atoms with E-state index in [2.05, 4.69) is 22.1 Å². The van der Waals surface area contributed by atoms with Gasteiger partial charge in [-0.25, -0.2) is 9.78 Å². The standard InChI is InChI=1S/C16H15N3O4S/c1-2-3-10-9(8-20)17-15(21)19(10)16-18-13-12(24-16)5-4-11-14(13)23-7-6-22-11/h4-5,9-10,20H,6-8H2,1H3,(H,17,21)/t9-,10?/m0/s1. The third-order valence-corrected chi connectivity index (χ3v) is 4.96. The molecule has 1 aromatic heterocycles. The molecule has 4 rings (SSSR count). The van der Waals surface area contributed by atoms with E-state index in [1.807, 2.05) is 12.1 Å². The Morgan fingerprint density at radius 1 is 1.46 bits per heavy atom. The van der Waals surface area contributed by atoms with Gasteiger partial charge in [-0.3, -0.25) is 4.90 Å². The molecular weight excluding hydrogens is 330 g/mol. The van der Waals surface area contributed by atoms with Gasteiger partial charge in [0.15, 0.2) is 16.6 Å². The molecule has 0 radical (unpaired) electrons. The third kappa shape index (κ3) is 2.25. The van der Waals surface area contributed by atoms with Crippen LogP contribution in [0.1, 0.15) is 6.92 Å². The fraction of sp³-hybridized carbons (Fsp3) is 0.375. The molecule has 2 aliphatic rings. The average molecular weight is 345 g/mol. The molecule has 1 saturated heterocycles. The Bertz CT molecular complexity index is 869. The van der Waals surface area contributed by atoms with Gasteiger partial charge in [-0.15, -0.1) is 5.92 Å². The number of fused-ring (bicyclic) bond motifs is 3. The number of ether oxygens (including phenoxy) is 2. The lowest BCUT2D eigenvalue weighted by atomic mass is 10.1. The summed E-state index contributed by atoms with van der Waals surface area (Å²) in [7, 11) is 0. The van der Waals surface area contributed by atoms with Gasteiger partial charge < -0.3 is 19.9 Å². The number of nitrogens with zero attached hydrogens (tertiary/aromatic N) is 2. The van der Waals surface area contributed by atoms with Crippen molar-refractivity contribution in [2.75, 3.05) is 24.7 Å². The van der Waals surface area contributed by atoms with E-state index in [9.17, 15) is 9.90 Å². The van der Waals surface area contributed by atoms with E-state index in [-0.39, 0.29) is 12.6 Å². The summed E-state index contributed by atoms with van der Waals surface area (Å²) >= 11 is 1.38. The molecule has 2 atom stereocenters. The van der Waals surface area contributed by atoms with Crippen LogP contribution < -0.4 is 19.7 Å². The summed E-state index contributed by atoms with van der Waals surface area (Å²) in [5, 5.41) is 12.7. The second-order valence-electron chi connectivity index (χ2n) is 5.38. The summed E-state index contributed by atoms with van der Waals surface area (Å²) in [5.74, 6) is 7.06. The summed E-state index contributed by atoms with van der Waals surface area (Å²) in [6.45, 7) is 2.50. The number of nitrogens with one attached hydrogen (secondary N) is 1. The van der Waals surface area contributed by atoms with E-state index in [1.165, 1.54) is 16.2 Å². The zero-order valence-corrected chi connectivity index (χ0v) is 13.7. The molecule has 0 spiro atoms. The third-order valence-electron chi connectivity index (χ3n) is 3.94. The van der Waals surface area contributed by atoms with Crippen LogP contribution in [0, 0.1) is 11.8 Å².